The number of carbonyl (C=O) groups is 1. The van der Waals surface area contributed by atoms with Gasteiger partial charge in [0, 0.05) is 25.0 Å². The average Bonchev–Trinajstić information content (AvgIpc) is 2.93. The maximum Gasteiger partial charge on any atom is 0.242 e. The fraction of sp³-hybridized carbons (Fsp3) is 0.154. The molecule has 6 heteroatoms. The van der Waals surface area contributed by atoms with Gasteiger partial charge in [0.2, 0.25) is 5.91 Å². The number of nitrogens with two attached hydrogens (primary N) is 1. The standard InChI is InChI=1S/C13H13N5O/c1-2-5-10(14)13(19)17-11-6-3-7-15-12(11)18-9-4-8-16-18/h1,3-4,6-10H,5,14H2,(H,17,19). The Morgan fingerprint density at radius 1 is 1.53 bits per heavy atom. The number of hydrogen-bond acceptors (Lipinski definition) is 4. The number of pyridine rings is 1. The third kappa shape index (κ3) is 2.97. The number of aromatic nitrogens is 3. The summed E-state index contributed by atoms with van der Waals surface area (Å²) in [5.41, 5.74) is 6.18. The highest BCUT2D eigenvalue weighted by Crippen LogP contribution is 2.16. The molecular formula is C13H13N5O. The number of amides is 1. The fourth-order valence-corrected chi connectivity index (χ4v) is 1.52. The summed E-state index contributed by atoms with van der Waals surface area (Å²) in [6.07, 6.45) is 10.3. The molecule has 2 rings (SSSR count). The van der Waals surface area contributed by atoms with E-state index in [1.54, 1.807) is 41.5 Å². The van der Waals surface area contributed by atoms with Crippen LogP contribution in [0.2, 0.25) is 0 Å². The molecule has 2 aromatic heterocycles. The molecule has 6 nitrogen and oxygen atoms in total. The molecule has 0 aliphatic rings. The van der Waals surface area contributed by atoms with Gasteiger partial charge in [-0.1, -0.05) is 0 Å². The molecule has 0 aromatic carbocycles. The van der Waals surface area contributed by atoms with Crippen molar-refractivity contribution in [3.8, 4) is 18.2 Å². The average molecular weight is 255 g/mol. The minimum atomic E-state index is -0.740. The predicted molar refractivity (Wildman–Crippen MR) is 71.4 cm³/mol. The molecule has 96 valence electrons. The Hall–Kier alpha value is -2.65. The van der Waals surface area contributed by atoms with Crippen LogP contribution in [0.3, 0.4) is 0 Å². The zero-order valence-corrected chi connectivity index (χ0v) is 10.2. The lowest BCUT2D eigenvalue weighted by Crippen LogP contribution is -2.35. The lowest BCUT2D eigenvalue weighted by Gasteiger charge is -2.12. The SMILES string of the molecule is C#CCC(N)C(=O)Nc1cccnc1-n1cccn1. The Morgan fingerprint density at radius 2 is 2.37 bits per heavy atom. The summed E-state index contributed by atoms with van der Waals surface area (Å²) < 4.78 is 1.56. The minimum Gasteiger partial charge on any atom is -0.322 e. The van der Waals surface area contributed by atoms with E-state index in [1.165, 1.54) is 0 Å². The maximum atomic E-state index is 11.8. The van der Waals surface area contributed by atoms with Gasteiger partial charge in [-0.25, -0.2) is 9.67 Å². The summed E-state index contributed by atoms with van der Waals surface area (Å²) in [7, 11) is 0. The molecule has 2 heterocycles. The number of terminal acetylenes is 1. The molecule has 0 aliphatic heterocycles. The van der Waals surface area contributed by atoms with Crippen molar-refractivity contribution in [3.05, 3.63) is 36.8 Å². The molecular weight excluding hydrogens is 242 g/mol. The fourth-order valence-electron chi connectivity index (χ4n) is 1.52. The van der Waals surface area contributed by atoms with Gasteiger partial charge in [0.1, 0.15) is 0 Å². The van der Waals surface area contributed by atoms with Gasteiger partial charge in [0.05, 0.1) is 11.7 Å². The van der Waals surface area contributed by atoms with Crippen molar-refractivity contribution in [2.24, 2.45) is 5.73 Å². The van der Waals surface area contributed by atoms with Gasteiger partial charge in [-0.2, -0.15) is 5.10 Å². The second kappa shape index (κ2) is 5.80. The van der Waals surface area contributed by atoms with Gasteiger partial charge in [0.25, 0.3) is 0 Å². The number of carbonyl (C=O) groups excluding carboxylic acids is 1. The van der Waals surface area contributed by atoms with Crippen LogP contribution >= 0.6 is 0 Å². The van der Waals surface area contributed by atoms with Gasteiger partial charge in [-0.15, -0.1) is 12.3 Å². The number of anilines is 1. The lowest BCUT2D eigenvalue weighted by atomic mass is 10.2. The topological polar surface area (TPSA) is 85.8 Å². The molecule has 0 saturated heterocycles. The third-order valence-electron chi connectivity index (χ3n) is 2.44. The monoisotopic (exact) mass is 255 g/mol. The Kier molecular flexibility index (Phi) is 3.90. The molecule has 2 aromatic rings. The molecule has 19 heavy (non-hydrogen) atoms. The van der Waals surface area contributed by atoms with Gasteiger partial charge < -0.3 is 11.1 Å². The Morgan fingerprint density at radius 3 is 3.05 bits per heavy atom. The zero-order valence-electron chi connectivity index (χ0n) is 10.2. The van der Waals surface area contributed by atoms with Gasteiger partial charge in [-0.05, 0) is 18.2 Å². The summed E-state index contributed by atoms with van der Waals surface area (Å²) in [4.78, 5) is 16.0. The number of hydrogen-bond donors (Lipinski definition) is 2. The van der Waals surface area contributed by atoms with Crippen molar-refractivity contribution in [1.82, 2.24) is 14.8 Å². The Bertz CT molecular complexity index is 600. The molecule has 0 radical (unpaired) electrons. The first-order valence-corrected chi connectivity index (χ1v) is 5.67. The van der Waals surface area contributed by atoms with Crippen LogP contribution in [0, 0.1) is 12.3 Å². The van der Waals surface area contributed by atoms with E-state index in [9.17, 15) is 4.79 Å². The molecule has 0 aliphatic carbocycles. The van der Waals surface area contributed by atoms with Gasteiger partial charge in [-0.3, -0.25) is 4.79 Å². The van der Waals surface area contributed by atoms with Crippen LogP contribution in [-0.4, -0.2) is 26.7 Å². The van der Waals surface area contributed by atoms with Crippen molar-refractivity contribution in [3.63, 3.8) is 0 Å². The summed E-state index contributed by atoms with van der Waals surface area (Å²) in [5.74, 6) is 2.53. The van der Waals surface area contributed by atoms with E-state index in [2.05, 4.69) is 21.3 Å². The second-order valence-electron chi connectivity index (χ2n) is 3.83. The van der Waals surface area contributed by atoms with Crippen LogP contribution < -0.4 is 11.1 Å². The largest absolute Gasteiger partial charge is 0.322 e. The molecule has 1 atom stereocenters. The van der Waals surface area contributed by atoms with E-state index in [0.29, 0.717) is 11.5 Å². The first kappa shape index (κ1) is 12.8. The van der Waals surface area contributed by atoms with E-state index in [4.69, 9.17) is 12.2 Å². The smallest absolute Gasteiger partial charge is 0.242 e. The van der Waals surface area contributed by atoms with Crippen LogP contribution in [0.1, 0.15) is 6.42 Å². The minimum absolute atomic E-state index is 0.184. The molecule has 1 unspecified atom stereocenters. The maximum absolute atomic E-state index is 11.8. The van der Waals surface area contributed by atoms with Crippen LogP contribution in [0.4, 0.5) is 5.69 Å². The number of rotatable bonds is 4. The first-order chi connectivity index (χ1) is 9.22. The lowest BCUT2D eigenvalue weighted by molar-refractivity contribution is -0.117. The molecule has 0 bridgehead atoms. The zero-order chi connectivity index (χ0) is 13.7. The summed E-state index contributed by atoms with van der Waals surface area (Å²) in [6, 6.07) is 4.47. The van der Waals surface area contributed by atoms with Gasteiger partial charge in [0.15, 0.2) is 5.82 Å². The molecule has 1 amide bonds. The highest BCUT2D eigenvalue weighted by molar-refractivity contribution is 5.96. The second-order valence-corrected chi connectivity index (χ2v) is 3.83. The molecule has 0 saturated carbocycles. The first-order valence-electron chi connectivity index (χ1n) is 5.67. The predicted octanol–water partition coefficient (Wildman–Crippen LogP) is 0.556. The third-order valence-corrected chi connectivity index (χ3v) is 2.44. The summed E-state index contributed by atoms with van der Waals surface area (Å²) >= 11 is 0. The molecule has 0 spiro atoms. The van der Waals surface area contributed by atoms with E-state index >= 15 is 0 Å². The highest BCUT2D eigenvalue weighted by atomic mass is 16.2. The van der Waals surface area contributed by atoms with Crippen molar-refractivity contribution in [2.75, 3.05) is 5.32 Å². The van der Waals surface area contributed by atoms with Gasteiger partial charge >= 0.3 is 0 Å². The van der Waals surface area contributed by atoms with Crippen LogP contribution in [-0.2, 0) is 4.79 Å². The molecule has 0 fully saturated rings. The molecule has 3 N–H and O–H groups in total. The number of nitrogens with one attached hydrogen (secondary N) is 1. The normalized spacial score (nSPS) is 11.6. The van der Waals surface area contributed by atoms with Crippen molar-refractivity contribution in [2.45, 2.75) is 12.5 Å². The summed E-state index contributed by atoms with van der Waals surface area (Å²) in [6.45, 7) is 0. The van der Waals surface area contributed by atoms with E-state index in [0.717, 1.165) is 0 Å². The van der Waals surface area contributed by atoms with Crippen LogP contribution in [0.5, 0.6) is 0 Å². The Balaban J connectivity index is 2.22. The number of nitrogens with zero attached hydrogens (tertiary/aromatic N) is 3. The Labute approximate surface area is 110 Å². The van der Waals surface area contributed by atoms with E-state index in [1.807, 2.05) is 0 Å². The van der Waals surface area contributed by atoms with Crippen molar-refractivity contribution < 1.29 is 4.79 Å². The quantitative estimate of drug-likeness (QED) is 0.781. The van der Waals surface area contributed by atoms with Crippen molar-refractivity contribution >= 4 is 11.6 Å². The van der Waals surface area contributed by atoms with Crippen LogP contribution in [0.25, 0.3) is 5.82 Å². The van der Waals surface area contributed by atoms with E-state index < -0.39 is 6.04 Å². The van der Waals surface area contributed by atoms with E-state index in [-0.39, 0.29) is 12.3 Å². The highest BCUT2D eigenvalue weighted by Gasteiger charge is 2.15. The van der Waals surface area contributed by atoms with Crippen molar-refractivity contribution in [1.29, 1.82) is 0 Å². The van der Waals surface area contributed by atoms with Crippen LogP contribution in [0.15, 0.2) is 36.8 Å². The summed E-state index contributed by atoms with van der Waals surface area (Å²) in [5, 5.41) is 6.78.